The van der Waals surface area contributed by atoms with Gasteiger partial charge in [-0.25, -0.2) is 4.39 Å². The van der Waals surface area contributed by atoms with Crippen LogP contribution in [0, 0.1) is 5.82 Å². The van der Waals surface area contributed by atoms with Gasteiger partial charge in [-0.3, -0.25) is 4.79 Å². The lowest BCUT2D eigenvalue weighted by Crippen LogP contribution is -2.37. The highest BCUT2D eigenvalue weighted by molar-refractivity contribution is 6.31. The molecule has 1 aliphatic rings. The zero-order valence-electron chi connectivity index (χ0n) is 11.1. The fourth-order valence-electron chi connectivity index (χ4n) is 2.38. The van der Waals surface area contributed by atoms with Crippen LogP contribution in [0.5, 0.6) is 0 Å². The van der Waals surface area contributed by atoms with E-state index in [1.165, 1.54) is 18.4 Å². The first-order chi connectivity index (χ1) is 10.1. The van der Waals surface area contributed by atoms with E-state index < -0.39 is 5.82 Å². The summed E-state index contributed by atoms with van der Waals surface area (Å²) < 4.78 is 17.8. The second-order valence-corrected chi connectivity index (χ2v) is 5.30. The predicted molar refractivity (Wildman–Crippen MR) is 76.0 cm³/mol. The molecule has 1 saturated heterocycles. The molecule has 1 fully saturated rings. The van der Waals surface area contributed by atoms with Crippen molar-refractivity contribution in [1.29, 1.82) is 0 Å². The monoisotopic (exact) mass is 309 g/mol. The summed E-state index contributed by atoms with van der Waals surface area (Å²) in [6, 6.07) is 6.15. The minimum atomic E-state index is -0.435. The Balaban J connectivity index is 1.62. The van der Waals surface area contributed by atoms with Crippen LogP contribution >= 0.6 is 11.6 Å². The first-order valence-corrected chi connectivity index (χ1v) is 6.92. The van der Waals surface area contributed by atoms with E-state index in [9.17, 15) is 9.18 Å². The minimum absolute atomic E-state index is 0.0121. The SMILES string of the molecule is O=C(N[C@H]1CCN(c2ccc(F)c(Cl)c2)C1)c1ccon1. The quantitative estimate of drug-likeness (QED) is 0.946. The van der Waals surface area contributed by atoms with Gasteiger partial charge >= 0.3 is 0 Å². The van der Waals surface area contributed by atoms with Crippen molar-refractivity contribution in [3.8, 4) is 0 Å². The molecule has 3 rings (SSSR count). The lowest BCUT2D eigenvalue weighted by molar-refractivity contribution is 0.0931. The molecule has 2 heterocycles. The van der Waals surface area contributed by atoms with Gasteiger partial charge in [0.15, 0.2) is 5.69 Å². The maximum Gasteiger partial charge on any atom is 0.273 e. The highest BCUT2D eigenvalue weighted by atomic mass is 35.5. The predicted octanol–water partition coefficient (Wildman–Crippen LogP) is 2.48. The normalized spacial score (nSPS) is 18.0. The van der Waals surface area contributed by atoms with E-state index in [2.05, 4.69) is 19.9 Å². The third-order valence-corrected chi connectivity index (χ3v) is 3.75. The Morgan fingerprint density at radius 1 is 1.48 bits per heavy atom. The number of aromatic nitrogens is 1. The zero-order chi connectivity index (χ0) is 14.8. The number of hydrogen-bond donors (Lipinski definition) is 1. The van der Waals surface area contributed by atoms with Gasteiger partial charge in [0.2, 0.25) is 0 Å². The van der Waals surface area contributed by atoms with Crippen LogP contribution in [0.4, 0.5) is 10.1 Å². The number of benzene rings is 1. The van der Waals surface area contributed by atoms with Crippen LogP contribution < -0.4 is 10.2 Å². The Morgan fingerprint density at radius 2 is 2.33 bits per heavy atom. The van der Waals surface area contributed by atoms with Crippen LogP contribution in [0.15, 0.2) is 35.1 Å². The van der Waals surface area contributed by atoms with E-state index in [-0.39, 0.29) is 22.7 Å². The largest absolute Gasteiger partial charge is 0.369 e. The summed E-state index contributed by atoms with van der Waals surface area (Å²) in [7, 11) is 0. The average molecular weight is 310 g/mol. The van der Waals surface area contributed by atoms with Gasteiger partial charge in [0.1, 0.15) is 12.1 Å². The summed E-state index contributed by atoms with van der Waals surface area (Å²) in [5.74, 6) is -0.691. The molecule has 0 saturated carbocycles. The van der Waals surface area contributed by atoms with Crippen LogP contribution in [0.25, 0.3) is 0 Å². The lowest BCUT2D eigenvalue weighted by atomic mass is 10.2. The number of anilines is 1. The highest BCUT2D eigenvalue weighted by Gasteiger charge is 2.25. The molecule has 1 aromatic carbocycles. The molecule has 1 aliphatic heterocycles. The Hall–Kier alpha value is -2.08. The van der Waals surface area contributed by atoms with Gasteiger partial charge in [0, 0.05) is 30.9 Å². The van der Waals surface area contributed by atoms with Crippen molar-refractivity contribution in [2.75, 3.05) is 18.0 Å². The summed E-state index contributed by atoms with van der Waals surface area (Å²) in [5, 5.41) is 6.59. The summed E-state index contributed by atoms with van der Waals surface area (Å²) in [6.45, 7) is 1.41. The van der Waals surface area contributed by atoms with Gasteiger partial charge in [0.05, 0.1) is 5.02 Å². The fourth-order valence-corrected chi connectivity index (χ4v) is 2.56. The first kappa shape index (κ1) is 13.9. The molecule has 5 nitrogen and oxygen atoms in total. The number of carbonyl (C=O) groups is 1. The van der Waals surface area contributed by atoms with Crippen molar-refractivity contribution in [1.82, 2.24) is 10.5 Å². The molecule has 110 valence electrons. The van der Waals surface area contributed by atoms with Gasteiger partial charge in [-0.15, -0.1) is 0 Å². The van der Waals surface area contributed by atoms with Crippen LogP contribution in [0.2, 0.25) is 5.02 Å². The van der Waals surface area contributed by atoms with Crippen molar-refractivity contribution in [2.24, 2.45) is 0 Å². The number of nitrogens with zero attached hydrogens (tertiary/aromatic N) is 2. The van der Waals surface area contributed by atoms with E-state index in [4.69, 9.17) is 11.6 Å². The molecule has 0 aliphatic carbocycles. The second-order valence-electron chi connectivity index (χ2n) is 4.89. The van der Waals surface area contributed by atoms with E-state index in [1.54, 1.807) is 12.1 Å². The lowest BCUT2D eigenvalue weighted by Gasteiger charge is -2.19. The summed E-state index contributed by atoms with van der Waals surface area (Å²) in [5.41, 5.74) is 1.11. The molecule has 7 heteroatoms. The third-order valence-electron chi connectivity index (χ3n) is 3.46. The molecule has 1 N–H and O–H groups in total. The number of amides is 1. The van der Waals surface area contributed by atoms with Crippen LogP contribution in [-0.4, -0.2) is 30.2 Å². The second kappa shape index (κ2) is 5.73. The molecular formula is C14H13ClFN3O2. The van der Waals surface area contributed by atoms with E-state index in [0.29, 0.717) is 6.54 Å². The number of rotatable bonds is 3. The Labute approximate surface area is 125 Å². The first-order valence-electron chi connectivity index (χ1n) is 6.55. The average Bonchev–Trinajstić information content (AvgIpc) is 3.12. The molecule has 2 aromatic rings. The van der Waals surface area contributed by atoms with Crippen LogP contribution in [0.3, 0.4) is 0 Å². The zero-order valence-corrected chi connectivity index (χ0v) is 11.8. The summed E-state index contributed by atoms with van der Waals surface area (Å²) in [4.78, 5) is 13.9. The van der Waals surface area contributed by atoms with E-state index in [1.807, 2.05) is 0 Å². The van der Waals surface area contributed by atoms with Crippen LogP contribution in [0.1, 0.15) is 16.9 Å². The molecule has 0 radical (unpaired) electrons. The van der Waals surface area contributed by atoms with Gasteiger partial charge < -0.3 is 14.7 Å². The van der Waals surface area contributed by atoms with E-state index in [0.717, 1.165) is 18.7 Å². The molecule has 1 atom stereocenters. The Bertz CT molecular complexity index is 648. The maximum absolute atomic E-state index is 13.2. The van der Waals surface area contributed by atoms with Crippen molar-refractivity contribution in [3.05, 3.63) is 47.1 Å². The van der Waals surface area contributed by atoms with Crippen molar-refractivity contribution in [3.63, 3.8) is 0 Å². The smallest absolute Gasteiger partial charge is 0.273 e. The third kappa shape index (κ3) is 3.00. The standard InChI is InChI=1S/C14H13ClFN3O2/c15-11-7-10(1-2-12(11)16)19-5-3-9(8-19)17-14(20)13-4-6-21-18-13/h1-2,4,6-7,9H,3,5,8H2,(H,17,20)/t9-/m0/s1. The van der Waals surface area contributed by atoms with E-state index >= 15 is 0 Å². The molecule has 1 aromatic heterocycles. The molecule has 0 bridgehead atoms. The maximum atomic E-state index is 13.2. The van der Waals surface area contributed by atoms with Gasteiger partial charge in [-0.05, 0) is 24.6 Å². The Kier molecular flexibility index (Phi) is 3.79. The number of carbonyl (C=O) groups excluding carboxylic acids is 1. The molecule has 0 unspecified atom stereocenters. The molecule has 1 amide bonds. The van der Waals surface area contributed by atoms with Crippen molar-refractivity contribution < 1.29 is 13.7 Å². The summed E-state index contributed by atoms with van der Waals surface area (Å²) >= 11 is 5.79. The molecule has 21 heavy (non-hydrogen) atoms. The minimum Gasteiger partial charge on any atom is -0.369 e. The molecular weight excluding hydrogens is 297 g/mol. The van der Waals surface area contributed by atoms with Gasteiger partial charge in [-0.1, -0.05) is 16.8 Å². The number of nitrogens with one attached hydrogen (secondary N) is 1. The molecule has 0 spiro atoms. The highest BCUT2D eigenvalue weighted by Crippen LogP contribution is 2.25. The fraction of sp³-hybridized carbons (Fsp3) is 0.286. The van der Waals surface area contributed by atoms with Crippen LogP contribution in [-0.2, 0) is 0 Å². The van der Waals surface area contributed by atoms with Gasteiger partial charge in [-0.2, -0.15) is 0 Å². The van der Waals surface area contributed by atoms with Gasteiger partial charge in [0.25, 0.3) is 5.91 Å². The van der Waals surface area contributed by atoms with Crippen molar-refractivity contribution >= 4 is 23.2 Å². The number of halogens is 2. The number of hydrogen-bond acceptors (Lipinski definition) is 4. The van der Waals surface area contributed by atoms with Crippen molar-refractivity contribution in [2.45, 2.75) is 12.5 Å². The Morgan fingerprint density at radius 3 is 3.05 bits per heavy atom. The topological polar surface area (TPSA) is 58.4 Å². The summed E-state index contributed by atoms with van der Waals surface area (Å²) in [6.07, 6.45) is 2.16.